The molecule has 1 aliphatic rings. The van der Waals surface area contributed by atoms with Gasteiger partial charge in [0.2, 0.25) is 0 Å². The average Bonchev–Trinajstić information content (AvgIpc) is 2.31. The highest BCUT2D eigenvalue weighted by Crippen LogP contribution is 2.42. The van der Waals surface area contributed by atoms with E-state index in [0.29, 0.717) is 0 Å². The van der Waals surface area contributed by atoms with Crippen molar-refractivity contribution < 1.29 is 13.6 Å². The molecule has 1 aliphatic carbocycles. The van der Waals surface area contributed by atoms with Crippen LogP contribution >= 0.6 is 0 Å². The molecule has 18 heavy (non-hydrogen) atoms. The van der Waals surface area contributed by atoms with Crippen LogP contribution in [0.15, 0.2) is 18.2 Å². The maximum Gasteiger partial charge on any atom is 0.166 e. The Morgan fingerprint density at radius 2 is 1.94 bits per heavy atom. The Balaban J connectivity index is 2.27. The van der Waals surface area contributed by atoms with Crippen molar-refractivity contribution in [3.05, 3.63) is 35.4 Å². The highest BCUT2D eigenvalue weighted by molar-refractivity contribution is 5.98. The van der Waals surface area contributed by atoms with Crippen LogP contribution in [0.5, 0.6) is 0 Å². The molecule has 0 aliphatic heterocycles. The van der Waals surface area contributed by atoms with Crippen LogP contribution in [0.2, 0.25) is 0 Å². The number of benzene rings is 1. The van der Waals surface area contributed by atoms with E-state index < -0.39 is 11.6 Å². The molecular formula is C15H18F2O. The van der Waals surface area contributed by atoms with E-state index in [-0.39, 0.29) is 22.7 Å². The third-order valence-electron chi connectivity index (χ3n) is 4.03. The van der Waals surface area contributed by atoms with Crippen molar-refractivity contribution in [2.45, 2.75) is 39.5 Å². The minimum Gasteiger partial charge on any atom is -0.294 e. The van der Waals surface area contributed by atoms with Crippen molar-refractivity contribution >= 4 is 5.78 Å². The lowest BCUT2D eigenvalue weighted by Gasteiger charge is -2.37. The van der Waals surface area contributed by atoms with Gasteiger partial charge in [0.25, 0.3) is 0 Å². The summed E-state index contributed by atoms with van der Waals surface area (Å²) < 4.78 is 26.0. The second-order valence-corrected chi connectivity index (χ2v) is 5.78. The Hall–Kier alpha value is -1.25. The molecular weight excluding hydrogens is 234 g/mol. The third kappa shape index (κ3) is 2.45. The number of carbonyl (C=O) groups is 1. The van der Waals surface area contributed by atoms with Gasteiger partial charge in [0.15, 0.2) is 17.4 Å². The molecule has 3 heteroatoms. The molecule has 1 aromatic rings. The topological polar surface area (TPSA) is 17.1 Å². The van der Waals surface area contributed by atoms with Gasteiger partial charge in [-0.2, -0.15) is 0 Å². The smallest absolute Gasteiger partial charge is 0.166 e. The number of hydrogen-bond acceptors (Lipinski definition) is 1. The number of carbonyl (C=O) groups excluding carboxylic acids is 1. The van der Waals surface area contributed by atoms with Crippen molar-refractivity contribution in [2.24, 2.45) is 11.3 Å². The highest BCUT2D eigenvalue weighted by atomic mass is 19.2. The second-order valence-electron chi connectivity index (χ2n) is 5.78. The summed E-state index contributed by atoms with van der Waals surface area (Å²) in [6.45, 7) is 4.16. The summed E-state index contributed by atoms with van der Waals surface area (Å²) in [6.07, 6.45) is 4.01. The van der Waals surface area contributed by atoms with Crippen molar-refractivity contribution in [1.82, 2.24) is 0 Å². The molecule has 0 amide bonds. The first-order valence-corrected chi connectivity index (χ1v) is 6.41. The van der Waals surface area contributed by atoms with Crippen molar-refractivity contribution in [3.63, 3.8) is 0 Å². The summed E-state index contributed by atoms with van der Waals surface area (Å²) in [4.78, 5) is 12.4. The molecule has 0 bridgehead atoms. The Kier molecular flexibility index (Phi) is 3.51. The van der Waals surface area contributed by atoms with Gasteiger partial charge in [-0.25, -0.2) is 8.78 Å². The van der Waals surface area contributed by atoms with Crippen LogP contribution in [0.1, 0.15) is 49.9 Å². The van der Waals surface area contributed by atoms with E-state index in [2.05, 4.69) is 13.8 Å². The summed E-state index contributed by atoms with van der Waals surface area (Å²) in [5.74, 6) is -2.00. The molecule has 1 atom stereocenters. The van der Waals surface area contributed by atoms with E-state index in [1.165, 1.54) is 6.07 Å². The maximum atomic E-state index is 13.2. The van der Waals surface area contributed by atoms with Crippen molar-refractivity contribution in [3.8, 4) is 0 Å². The Bertz CT molecular complexity index is 466. The maximum absolute atomic E-state index is 13.2. The monoisotopic (exact) mass is 252 g/mol. The lowest BCUT2D eigenvalue weighted by atomic mass is 9.66. The van der Waals surface area contributed by atoms with Gasteiger partial charge in [-0.3, -0.25) is 4.79 Å². The van der Waals surface area contributed by atoms with Crippen LogP contribution in [-0.2, 0) is 0 Å². The first-order valence-electron chi connectivity index (χ1n) is 6.41. The van der Waals surface area contributed by atoms with Gasteiger partial charge < -0.3 is 0 Å². The molecule has 1 aromatic carbocycles. The van der Waals surface area contributed by atoms with Gasteiger partial charge in [0.05, 0.1) is 0 Å². The average molecular weight is 252 g/mol. The SMILES string of the molecule is CC1(C)CCCCC1C(=O)c1ccc(F)c(F)c1. The number of ketones is 1. The minimum absolute atomic E-state index is 0.0554. The first kappa shape index (κ1) is 13.2. The zero-order chi connectivity index (χ0) is 13.3. The van der Waals surface area contributed by atoms with Crippen LogP contribution < -0.4 is 0 Å². The van der Waals surface area contributed by atoms with Crippen LogP contribution in [0, 0.1) is 23.0 Å². The quantitative estimate of drug-likeness (QED) is 0.714. The molecule has 1 saturated carbocycles. The van der Waals surface area contributed by atoms with E-state index in [1.54, 1.807) is 0 Å². The summed E-state index contributed by atoms with van der Waals surface area (Å²) in [6, 6.07) is 3.42. The fourth-order valence-electron chi connectivity index (χ4n) is 2.83. The second kappa shape index (κ2) is 4.79. The molecule has 0 radical (unpaired) electrons. The molecule has 2 rings (SSSR count). The lowest BCUT2D eigenvalue weighted by molar-refractivity contribution is 0.0697. The molecule has 1 nitrogen and oxygen atoms in total. The standard InChI is InChI=1S/C15H18F2O/c1-15(2)8-4-3-5-11(15)14(18)10-6-7-12(16)13(17)9-10/h6-7,9,11H,3-5,8H2,1-2H3. The number of halogens is 2. The van der Waals surface area contributed by atoms with Gasteiger partial charge in [0.1, 0.15) is 0 Å². The molecule has 1 unspecified atom stereocenters. The van der Waals surface area contributed by atoms with Crippen LogP contribution in [0.4, 0.5) is 8.78 Å². The number of rotatable bonds is 2. The van der Waals surface area contributed by atoms with Gasteiger partial charge >= 0.3 is 0 Å². The van der Waals surface area contributed by atoms with E-state index >= 15 is 0 Å². The number of hydrogen-bond donors (Lipinski definition) is 0. The predicted octanol–water partition coefficient (Wildman–Crippen LogP) is 4.36. The molecule has 1 fully saturated rings. The van der Waals surface area contributed by atoms with Gasteiger partial charge in [-0.05, 0) is 36.5 Å². The molecule has 0 aromatic heterocycles. The van der Waals surface area contributed by atoms with Gasteiger partial charge in [-0.15, -0.1) is 0 Å². The van der Waals surface area contributed by atoms with Crippen LogP contribution in [-0.4, -0.2) is 5.78 Å². The van der Waals surface area contributed by atoms with E-state index in [1.807, 2.05) is 0 Å². The van der Waals surface area contributed by atoms with Crippen molar-refractivity contribution in [2.75, 3.05) is 0 Å². The van der Waals surface area contributed by atoms with Gasteiger partial charge in [-0.1, -0.05) is 26.7 Å². The largest absolute Gasteiger partial charge is 0.294 e. The van der Waals surface area contributed by atoms with Crippen molar-refractivity contribution in [1.29, 1.82) is 0 Å². The minimum atomic E-state index is -0.950. The fourth-order valence-corrected chi connectivity index (χ4v) is 2.83. The zero-order valence-electron chi connectivity index (χ0n) is 10.8. The highest BCUT2D eigenvalue weighted by Gasteiger charge is 2.37. The Labute approximate surface area is 106 Å². The predicted molar refractivity (Wildman–Crippen MR) is 66.4 cm³/mol. The summed E-state index contributed by atoms with van der Waals surface area (Å²) in [5, 5.41) is 0. The fraction of sp³-hybridized carbons (Fsp3) is 0.533. The van der Waals surface area contributed by atoms with E-state index in [0.717, 1.165) is 37.8 Å². The summed E-state index contributed by atoms with van der Waals surface area (Å²) >= 11 is 0. The van der Waals surface area contributed by atoms with Crippen LogP contribution in [0.3, 0.4) is 0 Å². The molecule has 0 heterocycles. The molecule has 98 valence electrons. The zero-order valence-corrected chi connectivity index (χ0v) is 10.8. The van der Waals surface area contributed by atoms with Crippen LogP contribution in [0.25, 0.3) is 0 Å². The summed E-state index contributed by atoms with van der Waals surface area (Å²) in [5.41, 5.74) is 0.231. The Morgan fingerprint density at radius 3 is 2.56 bits per heavy atom. The van der Waals surface area contributed by atoms with E-state index in [4.69, 9.17) is 0 Å². The summed E-state index contributed by atoms with van der Waals surface area (Å²) in [7, 11) is 0. The normalized spacial score (nSPS) is 22.8. The molecule has 0 saturated heterocycles. The third-order valence-corrected chi connectivity index (χ3v) is 4.03. The number of Topliss-reactive ketones (excluding diaryl/α,β-unsaturated/α-hetero) is 1. The van der Waals surface area contributed by atoms with E-state index in [9.17, 15) is 13.6 Å². The molecule has 0 N–H and O–H groups in total. The van der Waals surface area contributed by atoms with Gasteiger partial charge in [0, 0.05) is 11.5 Å². The lowest BCUT2D eigenvalue weighted by Crippen LogP contribution is -2.34. The Morgan fingerprint density at radius 1 is 1.22 bits per heavy atom. The molecule has 0 spiro atoms. The first-order chi connectivity index (χ1) is 8.42.